The largest absolute Gasteiger partial charge is 0.489 e. The summed E-state index contributed by atoms with van der Waals surface area (Å²) in [6, 6.07) is 15.6. The van der Waals surface area contributed by atoms with Gasteiger partial charge in [0.1, 0.15) is 12.4 Å². The highest BCUT2D eigenvalue weighted by Crippen LogP contribution is 2.19. The van der Waals surface area contributed by atoms with Crippen molar-refractivity contribution in [1.82, 2.24) is 4.98 Å². The van der Waals surface area contributed by atoms with Crippen molar-refractivity contribution in [3.8, 4) is 5.75 Å². The smallest absolute Gasteiger partial charge is 0.192 e. The van der Waals surface area contributed by atoms with Crippen LogP contribution in [0.15, 0.2) is 53.3 Å². The molecule has 2 aromatic carbocycles. The predicted molar refractivity (Wildman–Crippen MR) is 84.8 cm³/mol. The lowest BCUT2D eigenvalue weighted by atomic mass is 10.1. The summed E-state index contributed by atoms with van der Waals surface area (Å²) in [6.07, 6.45) is 0. The van der Waals surface area contributed by atoms with Gasteiger partial charge >= 0.3 is 0 Å². The molecule has 3 rings (SSSR count). The average Bonchev–Trinajstić information content (AvgIpc) is 2.52. The van der Waals surface area contributed by atoms with Crippen molar-refractivity contribution in [3.63, 3.8) is 0 Å². The second-order valence-electron chi connectivity index (χ2n) is 5.19. The fraction of sp³-hybridized carbons (Fsp3) is 0.167. The normalized spacial score (nSPS) is 10.8. The third kappa shape index (κ3) is 2.68. The molecule has 0 aliphatic carbocycles. The SMILES string of the molecule is Cc1[nH]c2ccc(OCc3ccccc3)cc2c(=O)c1C. The Bertz CT molecular complexity index is 835. The molecule has 0 saturated heterocycles. The summed E-state index contributed by atoms with van der Waals surface area (Å²) in [4.78, 5) is 15.5. The molecule has 1 N–H and O–H groups in total. The number of aryl methyl sites for hydroxylation is 1. The molecule has 3 nitrogen and oxygen atoms in total. The summed E-state index contributed by atoms with van der Waals surface area (Å²) < 4.78 is 5.77. The number of rotatable bonds is 3. The first-order valence-electron chi connectivity index (χ1n) is 6.95. The summed E-state index contributed by atoms with van der Waals surface area (Å²) in [6.45, 7) is 4.25. The quantitative estimate of drug-likeness (QED) is 0.794. The molecule has 0 bridgehead atoms. The van der Waals surface area contributed by atoms with E-state index in [1.54, 1.807) is 0 Å². The zero-order chi connectivity index (χ0) is 14.8. The Morgan fingerprint density at radius 1 is 1.05 bits per heavy atom. The first kappa shape index (κ1) is 13.4. The Morgan fingerprint density at radius 2 is 1.81 bits per heavy atom. The number of hydrogen-bond donors (Lipinski definition) is 1. The van der Waals surface area contributed by atoms with Crippen molar-refractivity contribution >= 4 is 10.9 Å². The van der Waals surface area contributed by atoms with Gasteiger partial charge in [0.25, 0.3) is 0 Å². The topological polar surface area (TPSA) is 42.1 Å². The molecule has 0 radical (unpaired) electrons. The molecule has 0 unspecified atom stereocenters. The van der Waals surface area contributed by atoms with E-state index in [0.29, 0.717) is 17.7 Å². The number of nitrogens with one attached hydrogen (secondary N) is 1. The van der Waals surface area contributed by atoms with Crippen molar-refractivity contribution in [3.05, 3.63) is 75.6 Å². The van der Waals surface area contributed by atoms with Gasteiger partial charge in [0.15, 0.2) is 5.43 Å². The number of pyridine rings is 1. The summed E-state index contributed by atoms with van der Waals surface area (Å²) in [7, 11) is 0. The maximum atomic E-state index is 12.3. The third-order valence-electron chi connectivity index (χ3n) is 3.71. The van der Waals surface area contributed by atoms with E-state index in [2.05, 4.69) is 4.98 Å². The molecule has 0 aliphatic rings. The Kier molecular flexibility index (Phi) is 3.48. The van der Waals surface area contributed by atoms with E-state index in [1.165, 1.54) is 0 Å². The van der Waals surface area contributed by atoms with Crippen molar-refractivity contribution < 1.29 is 4.74 Å². The number of fused-ring (bicyclic) bond motifs is 1. The summed E-state index contributed by atoms with van der Waals surface area (Å²) in [5, 5.41) is 0.670. The van der Waals surface area contributed by atoms with Gasteiger partial charge in [0.05, 0.1) is 0 Å². The lowest BCUT2D eigenvalue weighted by Crippen LogP contribution is -2.09. The highest BCUT2D eigenvalue weighted by atomic mass is 16.5. The van der Waals surface area contributed by atoms with Crippen LogP contribution in [0.5, 0.6) is 5.75 Å². The number of H-pyrrole nitrogens is 1. The Hall–Kier alpha value is -2.55. The van der Waals surface area contributed by atoms with Crippen molar-refractivity contribution in [2.75, 3.05) is 0 Å². The molecule has 1 heterocycles. The lowest BCUT2D eigenvalue weighted by molar-refractivity contribution is 0.306. The lowest BCUT2D eigenvalue weighted by Gasteiger charge is -2.09. The first-order chi connectivity index (χ1) is 10.1. The summed E-state index contributed by atoms with van der Waals surface area (Å²) >= 11 is 0. The van der Waals surface area contributed by atoms with Crippen LogP contribution in [0.3, 0.4) is 0 Å². The number of benzene rings is 2. The average molecular weight is 279 g/mol. The highest BCUT2D eigenvalue weighted by molar-refractivity contribution is 5.80. The van der Waals surface area contributed by atoms with Gasteiger partial charge in [0.2, 0.25) is 0 Å². The molecular formula is C18H17NO2. The standard InChI is InChI=1S/C18H17NO2/c1-12-13(2)19-17-9-8-15(10-16(17)18(12)20)21-11-14-6-4-3-5-7-14/h3-10H,11H2,1-2H3,(H,19,20). The van der Waals surface area contributed by atoms with Crippen LogP contribution >= 0.6 is 0 Å². The van der Waals surface area contributed by atoms with Gasteiger partial charge in [-0.3, -0.25) is 4.79 Å². The van der Waals surface area contributed by atoms with Crippen LogP contribution in [0.1, 0.15) is 16.8 Å². The molecule has 0 spiro atoms. The third-order valence-corrected chi connectivity index (χ3v) is 3.71. The van der Waals surface area contributed by atoms with Crippen LogP contribution in [-0.4, -0.2) is 4.98 Å². The van der Waals surface area contributed by atoms with E-state index >= 15 is 0 Å². The molecule has 21 heavy (non-hydrogen) atoms. The van der Waals surface area contributed by atoms with E-state index < -0.39 is 0 Å². The Balaban J connectivity index is 1.92. The zero-order valence-corrected chi connectivity index (χ0v) is 12.1. The molecule has 1 aromatic heterocycles. The fourth-order valence-electron chi connectivity index (χ4n) is 2.32. The minimum Gasteiger partial charge on any atom is -0.489 e. The number of hydrogen-bond acceptors (Lipinski definition) is 2. The van der Waals surface area contributed by atoms with E-state index in [4.69, 9.17) is 4.74 Å². The van der Waals surface area contributed by atoms with E-state index in [9.17, 15) is 4.79 Å². The van der Waals surface area contributed by atoms with Crippen LogP contribution in [-0.2, 0) is 6.61 Å². The van der Waals surface area contributed by atoms with E-state index in [1.807, 2.05) is 62.4 Å². The van der Waals surface area contributed by atoms with Crippen LogP contribution in [0.2, 0.25) is 0 Å². The van der Waals surface area contributed by atoms with Gasteiger partial charge in [-0.1, -0.05) is 30.3 Å². The second-order valence-corrected chi connectivity index (χ2v) is 5.19. The summed E-state index contributed by atoms with van der Waals surface area (Å²) in [5.74, 6) is 0.708. The van der Waals surface area contributed by atoms with Gasteiger partial charge in [-0.05, 0) is 37.6 Å². The van der Waals surface area contributed by atoms with Crippen molar-refractivity contribution in [2.24, 2.45) is 0 Å². The maximum absolute atomic E-state index is 12.3. The fourth-order valence-corrected chi connectivity index (χ4v) is 2.32. The first-order valence-corrected chi connectivity index (χ1v) is 6.95. The van der Waals surface area contributed by atoms with Gasteiger partial charge < -0.3 is 9.72 Å². The van der Waals surface area contributed by atoms with Gasteiger partial charge in [-0.15, -0.1) is 0 Å². The van der Waals surface area contributed by atoms with Crippen LogP contribution in [0.4, 0.5) is 0 Å². The molecule has 0 atom stereocenters. The van der Waals surface area contributed by atoms with Crippen LogP contribution < -0.4 is 10.2 Å². The maximum Gasteiger partial charge on any atom is 0.192 e. The molecule has 0 amide bonds. The zero-order valence-electron chi connectivity index (χ0n) is 12.1. The second kappa shape index (κ2) is 5.44. The Labute approximate surface area is 123 Å². The molecule has 3 heteroatoms. The minimum absolute atomic E-state index is 0.0615. The van der Waals surface area contributed by atoms with Crippen molar-refractivity contribution in [2.45, 2.75) is 20.5 Å². The van der Waals surface area contributed by atoms with Crippen LogP contribution in [0.25, 0.3) is 10.9 Å². The predicted octanol–water partition coefficient (Wildman–Crippen LogP) is 3.72. The van der Waals surface area contributed by atoms with E-state index in [0.717, 1.165) is 22.3 Å². The van der Waals surface area contributed by atoms with Gasteiger partial charge in [0, 0.05) is 22.2 Å². The molecule has 3 aromatic rings. The highest BCUT2D eigenvalue weighted by Gasteiger charge is 2.06. The minimum atomic E-state index is 0.0615. The molecule has 0 saturated carbocycles. The molecular weight excluding hydrogens is 262 g/mol. The number of aromatic nitrogens is 1. The monoisotopic (exact) mass is 279 g/mol. The number of aromatic amines is 1. The van der Waals surface area contributed by atoms with Gasteiger partial charge in [-0.2, -0.15) is 0 Å². The molecule has 106 valence electrons. The van der Waals surface area contributed by atoms with Crippen molar-refractivity contribution in [1.29, 1.82) is 0 Å². The summed E-state index contributed by atoms with van der Waals surface area (Å²) in [5.41, 5.74) is 3.67. The molecule has 0 fully saturated rings. The van der Waals surface area contributed by atoms with Crippen LogP contribution in [0, 0.1) is 13.8 Å². The Morgan fingerprint density at radius 3 is 2.57 bits per heavy atom. The number of ether oxygens (including phenoxy) is 1. The van der Waals surface area contributed by atoms with E-state index in [-0.39, 0.29) is 5.43 Å². The molecule has 0 aliphatic heterocycles. The van der Waals surface area contributed by atoms with Gasteiger partial charge in [-0.25, -0.2) is 0 Å².